The van der Waals surface area contributed by atoms with E-state index in [9.17, 15) is 9.59 Å². The Bertz CT molecular complexity index is 385. The molecule has 3 fully saturated rings. The van der Waals surface area contributed by atoms with Gasteiger partial charge in [-0.05, 0) is 43.9 Å². The van der Waals surface area contributed by atoms with E-state index in [0.717, 1.165) is 18.8 Å². The molecule has 1 aliphatic heterocycles. The monoisotopic (exact) mass is 266 g/mol. The number of hydrogen-bond donors (Lipinski definition) is 2. The maximum atomic E-state index is 12.2. The molecule has 3 aliphatic rings. The second-order valence-electron chi connectivity index (χ2n) is 6.35. The standard InChI is InChI=1S/C14H22N2O3/c17-13(18)11-2-1-5-16(8-11)14(19)15-12-7-9-3-4-10(12)6-9/h9-12H,1-8H2,(H,15,19)(H,17,18)/t9?,10?,11-,12?/m0/s1. The SMILES string of the molecule is O=C(O)[C@H]1CCCN(C(=O)NC2CC3CCC2C3)C1. The summed E-state index contributed by atoms with van der Waals surface area (Å²) in [6, 6.07) is 0.278. The van der Waals surface area contributed by atoms with Gasteiger partial charge in [0.2, 0.25) is 0 Å². The van der Waals surface area contributed by atoms with Crippen LogP contribution in [-0.2, 0) is 4.79 Å². The Kier molecular flexibility index (Phi) is 3.37. The molecule has 19 heavy (non-hydrogen) atoms. The van der Waals surface area contributed by atoms with Gasteiger partial charge >= 0.3 is 12.0 Å². The highest BCUT2D eigenvalue weighted by atomic mass is 16.4. The molecule has 2 aliphatic carbocycles. The molecule has 2 bridgehead atoms. The van der Waals surface area contributed by atoms with E-state index >= 15 is 0 Å². The van der Waals surface area contributed by atoms with Crippen molar-refractivity contribution in [3.8, 4) is 0 Å². The predicted molar refractivity (Wildman–Crippen MR) is 69.7 cm³/mol. The quantitative estimate of drug-likeness (QED) is 0.799. The molecule has 2 saturated carbocycles. The molecule has 1 saturated heterocycles. The van der Waals surface area contributed by atoms with Crippen LogP contribution in [0.15, 0.2) is 0 Å². The first-order valence-electron chi connectivity index (χ1n) is 7.41. The summed E-state index contributed by atoms with van der Waals surface area (Å²) in [5, 5.41) is 12.2. The first-order chi connectivity index (χ1) is 9.13. The second-order valence-corrected chi connectivity index (χ2v) is 6.35. The third kappa shape index (κ3) is 2.55. The molecule has 5 heteroatoms. The van der Waals surface area contributed by atoms with E-state index in [-0.39, 0.29) is 11.9 Å². The van der Waals surface area contributed by atoms with Crippen molar-refractivity contribution >= 4 is 12.0 Å². The Morgan fingerprint density at radius 3 is 2.63 bits per heavy atom. The van der Waals surface area contributed by atoms with Gasteiger partial charge in [0.25, 0.3) is 0 Å². The van der Waals surface area contributed by atoms with Crippen LogP contribution in [0, 0.1) is 17.8 Å². The van der Waals surface area contributed by atoms with Crippen molar-refractivity contribution in [2.45, 2.75) is 44.6 Å². The fourth-order valence-corrected chi connectivity index (χ4v) is 4.03. The van der Waals surface area contributed by atoms with Gasteiger partial charge in [-0.15, -0.1) is 0 Å². The number of nitrogens with one attached hydrogen (secondary N) is 1. The third-order valence-corrected chi connectivity index (χ3v) is 5.10. The average Bonchev–Trinajstić information content (AvgIpc) is 3.01. The Morgan fingerprint density at radius 2 is 2.00 bits per heavy atom. The molecule has 0 aromatic rings. The maximum absolute atomic E-state index is 12.2. The number of carbonyl (C=O) groups is 2. The third-order valence-electron chi connectivity index (χ3n) is 5.10. The van der Waals surface area contributed by atoms with Gasteiger partial charge < -0.3 is 15.3 Å². The van der Waals surface area contributed by atoms with Crippen molar-refractivity contribution < 1.29 is 14.7 Å². The van der Waals surface area contributed by atoms with Crippen LogP contribution in [0.2, 0.25) is 0 Å². The Labute approximate surface area is 113 Å². The minimum atomic E-state index is -0.780. The van der Waals surface area contributed by atoms with Crippen molar-refractivity contribution in [3.63, 3.8) is 0 Å². The van der Waals surface area contributed by atoms with E-state index in [0.29, 0.717) is 31.5 Å². The zero-order chi connectivity index (χ0) is 13.4. The number of urea groups is 1. The minimum absolute atomic E-state index is 0.0523. The molecule has 4 atom stereocenters. The van der Waals surface area contributed by atoms with Gasteiger partial charge in [0, 0.05) is 19.1 Å². The summed E-state index contributed by atoms with van der Waals surface area (Å²) in [6.45, 7) is 1.05. The van der Waals surface area contributed by atoms with Gasteiger partial charge in [-0.2, -0.15) is 0 Å². The number of hydrogen-bond acceptors (Lipinski definition) is 2. The van der Waals surface area contributed by atoms with E-state index in [1.807, 2.05) is 0 Å². The number of fused-ring (bicyclic) bond motifs is 2. The molecule has 0 aromatic carbocycles. The van der Waals surface area contributed by atoms with Crippen molar-refractivity contribution in [1.82, 2.24) is 10.2 Å². The molecule has 5 nitrogen and oxygen atoms in total. The van der Waals surface area contributed by atoms with Crippen molar-refractivity contribution in [2.75, 3.05) is 13.1 Å². The number of piperidine rings is 1. The van der Waals surface area contributed by atoms with Crippen molar-refractivity contribution in [1.29, 1.82) is 0 Å². The van der Waals surface area contributed by atoms with Crippen LogP contribution in [-0.4, -0.2) is 41.1 Å². The fourth-order valence-electron chi connectivity index (χ4n) is 4.03. The molecular weight excluding hydrogens is 244 g/mol. The summed E-state index contributed by atoms with van der Waals surface area (Å²) >= 11 is 0. The first kappa shape index (κ1) is 12.8. The number of aliphatic carboxylic acids is 1. The Hall–Kier alpha value is -1.26. The number of rotatable bonds is 2. The molecular formula is C14H22N2O3. The summed E-state index contributed by atoms with van der Waals surface area (Å²) in [7, 11) is 0. The van der Waals surface area contributed by atoms with E-state index in [4.69, 9.17) is 5.11 Å². The summed E-state index contributed by atoms with van der Waals surface area (Å²) in [5.74, 6) is 0.300. The lowest BCUT2D eigenvalue weighted by atomic mass is 9.95. The van der Waals surface area contributed by atoms with Crippen LogP contribution in [0.1, 0.15) is 38.5 Å². The fraction of sp³-hybridized carbons (Fsp3) is 0.857. The first-order valence-corrected chi connectivity index (χ1v) is 7.41. The average molecular weight is 266 g/mol. The normalized spacial score (nSPS) is 37.4. The summed E-state index contributed by atoms with van der Waals surface area (Å²) in [6.07, 6.45) is 6.43. The van der Waals surface area contributed by atoms with Gasteiger partial charge in [-0.1, -0.05) is 6.42 Å². The zero-order valence-electron chi connectivity index (χ0n) is 11.2. The molecule has 3 unspecified atom stereocenters. The highest BCUT2D eigenvalue weighted by Crippen LogP contribution is 2.44. The molecule has 0 radical (unpaired) electrons. The minimum Gasteiger partial charge on any atom is -0.481 e. The summed E-state index contributed by atoms with van der Waals surface area (Å²) < 4.78 is 0. The van der Waals surface area contributed by atoms with Crippen LogP contribution in [0.4, 0.5) is 4.79 Å². The number of nitrogens with zero attached hydrogens (tertiary/aromatic N) is 1. The van der Waals surface area contributed by atoms with E-state index in [2.05, 4.69) is 5.32 Å². The Morgan fingerprint density at radius 1 is 1.16 bits per heavy atom. The number of amides is 2. The lowest BCUT2D eigenvalue weighted by Crippen LogP contribution is -2.50. The topological polar surface area (TPSA) is 69.6 Å². The molecule has 1 heterocycles. The molecule has 3 rings (SSSR count). The van der Waals surface area contributed by atoms with Crippen molar-refractivity contribution in [3.05, 3.63) is 0 Å². The van der Waals surface area contributed by atoms with Gasteiger partial charge in [0.1, 0.15) is 0 Å². The van der Waals surface area contributed by atoms with Crippen LogP contribution >= 0.6 is 0 Å². The predicted octanol–water partition coefficient (Wildman–Crippen LogP) is 1.68. The van der Waals surface area contributed by atoms with Gasteiger partial charge in [-0.3, -0.25) is 4.79 Å². The highest BCUT2D eigenvalue weighted by Gasteiger charge is 2.41. The van der Waals surface area contributed by atoms with E-state index in [1.54, 1.807) is 4.90 Å². The lowest BCUT2D eigenvalue weighted by molar-refractivity contribution is -0.143. The van der Waals surface area contributed by atoms with Gasteiger partial charge in [-0.25, -0.2) is 4.79 Å². The van der Waals surface area contributed by atoms with Gasteiger partial charge in [0.15, 0.2) is 0 Å². The van der Waals surface area contributed by atoms with Crippen LogP contribution in [0.25, 0.3) is 0 Å². The van der Waals surface area contributed by atoms with Gasteiger partial charge in [0.05, 0.1) is 5.92 Å². The highest BCUT2D eigenvalue weighted by molar-refractivity contribution is 5.76. The van der Waals surface area contributed by atoms with Crippen molar-refractivity contribution in [2.24, 2.45) is 17.8 Å². The van der Waals surface area contributed by atoms with Crippen LogP contribution in [0.3, 0.4) is 0 Å². The number of carboxylic acids is 1. The Balaban J connectivity index is 1.54. The van der Waals surface area contributed by atoms with E-state index in [1.165, 1.54) is 19.3 Å². The molecule has 2 amide bonds. The zero-order valence-corrected chi connectivity index (χ0v) is 11.2. The summed E-state index contributed by atoms with van der Waals surface area (Å²) in [4.78, 5) is 24.9. The number of carbonyl (C=O) groups excluding carboxylic acids is 1. The lowest BCUT2D eigenvalue weighted by Gasteiger charge is -2.33. The molecule has 0 aromatic heterocycles. The number of carboxylic acid groups (broad SMARTS) is 1. The van der Waals surface area contributed by atoms with Crippen LogP contribution < -0.4 is 5.32 Å². The largest absolute Gasteiger partial charge is 0.481 e. The summed E-state index contributed by atoms with van der Waals surface area (Å²) in [5.41, 5.74) is 0. The van der Waals surface area contributed by atoms with E-state index < -0.39 is 5.97 Å². The number of likely N-dealkylation sites (tertiary alicyclic amines) is 1. The molecule has 2 N–H and O–H groups in total. The second kappa shape index (κ2) is 5.02. The van der Waals surface area contributed by atoms with Crippen LogP contribution in [0.5, 0.6) is 0 Å². The molecule has 0 spiro atoms. The smallest absolute Gasteiger partial charge is 0.317 e. The molecule has 106 valence electrons. The maximum Gasteiger partial charge on any atom is 0.317 e.